The lowest BCUT2D eigenvalue weighted by molar-refractivity contribution is -0.137. The Morgan fingerprint density at radius 2 is 1.76 bits per heavy atom. The molecule has 1 aliphatic rings. The van der Waals surface area contributed by atoms with E-state index >= 15 is 0 Å². The Morgan fingerprint density at radius 1 is 1.04 bits per heavy atom. The normalized spacial score (nSPS) is 14.8. The summed E-state index contributed by atoms with van der Waals surface area (Å²) in [6.45, 7) is 0.378. The van der Waals surface area contributed by atoms with Gasteiger partial charge in [0, 0.05) is 6.54 Å². The zero-order valence-corrected chi connectivity index (χ0v) is 13.8. The van der Waals surface area contributed by atoms with Crippen molar-refractivity contribution < 1.29 is 18.0 Å². The Morgan fingerprint density at radius 3 is 2.36 bits per heavy atom. The van der Waals surface area contributed by atoms with E-state index in [1.54, 1.807) is 0 Å². The van der Waals surface area contributed by atoms with Crippen molar-refractivity contribution in [3.8, 4) is 0 Å². The first kappa shape index (κ1) is 17.5. The van der Waals surface area contributed by atoms with Crippen LogP contribution < -0.4 is 5.32 Å². The summed E-state index contributed by atoms with van der Waals surface area (Å²) in [5, 5.41) is 2.76. The molecule has 132 valence electrons. The van der Waals surface area contributed by atoms with Crippen molar-refractivity contribution >= 4 is 5.91 Å². The van der Waals surface area contributed by atoms with E-state index in [1.165, 1.54) is 37.0 Å². The maximum atomic E-state index is 12.7. The lowest BCUT2D eigenvalue weighted by atomic mass is 9.80. The minimum Gasteiger partial charge on any atom is -0.352 e. The maximum Gasteiger partial charge on any atom is 0.416 e. The highest BCUT2D eigenvalue weighted by Gasteiger charge is 2.30. The van der Waals surface area contributed by atoms with Crippen molar-refractivity contribution in [1.82, 2.24) is 5.32 Å². The molecule has 0 spiro atoms. The van der Waals surface area contributed by atoms with Crippen molar-refractivity contribution in [1.29, 1.82) is 0 Å². The van der Waals surface area contributed by atoms with Gasteiger partial charge >= 0.3 is 6.18 Å². The molecule has 5 heteroatoms. The van der Waals surface area contributed by atoms with Gasteiger partial charge in [-0.3, -0.25) is 4.79 Å². The first-order valence-corrected chi connectivity index (χ1v) is 8.43. The van der Waals surface area contributed by atoms with E-state index in [0.29, 0.717) is 18.0 Å². The standard InChI is InChI=1S/C20H20F3NO/c21-20(22,23)18-6-1-3-15(11-18)12-19(25)24-13-14-7-9-17(10-8-14)16-4-2-5-16/h1,3,6-11,16H,2,4-5,12-13H2,(H,24,25). The van der Waals surface area contributed by atoms with E-state index in [1.807, 2.05) is 12.1 Å². The quantitative estimate of drug-likeness (QED) is 0.824. The number of alkyl halides is 3. The summed E-state index contributed by atoms with van der Waals surface area (Å²) in [4.78, 5) is 12.0. The second kappa shape index (κ2) is 7.30. The van der Waals surface area contributed by atoms with Crippen LogP contribution in [-0.4, -0.2) is 5.91 Å². The number of hydrogen-bond acceptors (Lipinski definition) is 1. The molecule has 0 aromatic heterocycles. The molecule has 0 atom stereocenters. The molecule has 0 radical (unpaired) electrons. The lowest BCUT2D eigenvalue weighted by Crippen LogP contribution is -2.24. The number of rotatable bonds is 5. The number of carbonyl (C=O) groups is 1. The van der Waals surface area contributed by atoms with Gasteiger partial charge in [0.25, 0.3) is 0 Å². The van der Waals surface area contributed by atoms with Gasteiger partial charge in [-0.1, -0.05) is 48.9 Å². The molecule has 1 fully saturated rings. The highest BCUT2D eigenvalue weighted by Crippen LogP contribution is 2.36. The highest BCUT2D eigenvalue weighted by atomic mass is 19.4. The van der Waals surface area contributed by atoms with Gasteiger partial charge in [-0.05, 0) is 41.5 Å². The van der Waals surface area contributed by atoms with Crippen molar-refractivity contribution in [3.63, 3.8) is 0 Å². The van der Waals surface area contributed by atoms with Gasteiger partial charge in [0.15, 0.2) is 0 Å². The van der Waals surface area contributed by atoms with Crippen LogP contribution in [0.15, 0.2) is 48.5 Å². The van der Waals surface area contributed by atoms with E-state index in [0.717, 1.165) is 17.7 Å². The predicted octanol–water partition coefficient (Wildman–Crippen LogP) is 4.83. The van der Waals surface area contributed by atoms with Gasteiger partial charge in [0.1, 0.15) is 0 Å². The second-order valence-corrected chi connectivity index (χ2v) is 6.52. The fourth-order valence-electron chi connectivity index (χ4n) is 2.96. The molecule has 3 rings (SSSR count). The van der Waals surface area contributed by atoms with Crippen LogP contribution in [-0.2, 0) is 23.9 Å². The van der Waals surface area contributed by atoms with Crippen molar-refractivity contribution in [2.45, 2.75) is 44.3 Å². The lowest BCUT2D eigenvalue weighted by Gasteiger charge is -2.25. The van der Waals surface area contributed by atoms with Gasteiger partial charge in [-0.25, -0.2) is 0 Å². The summed E-state index contributed by atoms with van der Waals surface area (Å²) in [5.74, 6) is 0.381. The fraction of sp³-hybridized carbons (Fsp3) is 0.350. The Kier molecular flexibility index (Phi) is 5.11. The maximum absolute atomic E-state index is 12.7. The monoisotopic (exact) mass is 347 g/mol. The predicted molar refractivity (Wildman–Crippen MR) is 90.0 cm³/mol. The number of halogens is 3. The molecule has 0 heterocycles. The molecule has 1 N–H and O–H groups in total. The molecular formula is C20H20F3NO. The van der Waals surface area contributed by atoms with E-state index in [2.05, 4.69) is 17.4 Å². The number of hydrogen-bond donors (Lipinski definition) is 1. The minimum atomic E-state index is -4.39. The third-order valence-corrected chi connectivity index (χ3v) is 4.66. The van der Waals surface area contributed by atoms with Crippen molar-refractivity contribution in [2.24, 2.45) is 0 Å². The van der Waals surface area contributed by atoms with Crippen LogP contribution in [0.4, 0.5) is 13.2 Å². The number of benzene rings is 2. The number of amides is 1. The third kappa shape index (κ3) is 4.62. The Bertz CT molecular complexity index is 733. The zero-order valence-electron chi connectivity index (χ0n) is 13.8. The molecule has 0 aliphatic heterocycles. The summed E-state index contributed by atoms with van der Waals surface area (Å²) < 4.78 is 38.1. The fourth-order valence-corrected chi connectivity index (χ4v) is 2.96. The van der Waals surface area contributed by atoms with Crippen LogP contribution in [0.5, 0.6) is 0 Å². The smallest absolute Gasteiger partial charge is 0.352 e. The van der Waals surface area contributed by atoms with E-state index < -0.39 is 11.7 Å². The van der Waals surface area contributed by atoms with Gasteiger partial charge in [-0.2, -0.15) is 13.2 Å². The molecular weight excluding hydrogens is 327 g/mol. The van der Waals surface area contributed by atoms with Crippen LogP contribution in [0, 0.1) is 0 Å². The number of nitrogens with one attached hydrogen (secondary N) is 1. The molecule has 25 heavy (non-hydrogen) atoms. The molecule has 0 unspecified atom stereocenters. The zero-order chi connectivity index (χ0) is 17.9. The summed E-state index contributed by atoms with van der Waals surface area (Å²) in [6, 6.07) is 13.1. The SMILES string of the molecule is O=C(Cc1cccc(C(F)(F)F)c1)NCc1ccc(C2CCC2)cc1. The van der Waals surface area contributed by atoms with Gasteiger partial charge in [0.2, 0.25) is 5.91 Å². The van der Waals surface area contributed by atoms with Gasteiger partial charge in [-0.15, -0.1) is 0 Å². The van der Waals surface area contributed by atoms with Crippen LogP contribution in [0.2, 0.25) is 0 Å². The van der Waals surface area contributed by atoms with Crippen molar-refractivity contribution in [3.05, 3.63) is 70.8 Å². The van der Waals surface area contributed by atoms with Gasteiger partial charge in [0.05, 0.1) is 12.0 Å². The Labute approximate surface area is 145 Å². The van der Waals surface area contributed by atoms with Gasteiger partial charge < -0.3 is 5.32 Å². The molecule has 0 bridgehead atoms. The molecule has 2 aromatic rings. The van der Waals surface area contributed by atoms with Crippen LogP contribution in [0.1, 0.15) is 47.4 Å². The van der Waals surface area contributed by atoms with Crippen LogP contribution in [0.25, 0.3) is 0 Å². The highest BCUT2D eigenvalue weighted by molar-refractivity contribution is 5.78. The molecule has 2 nitrogen and oxygen atoms in total. The summed E-state index contributed by atoms with van der Waals surface area (Å²) >= 11 is 0. The van der Waals surface area contributed by atoms with E-state index in [9.17, 15) is 18.0 Å². The first-order chi connectivity index (χ1) is 11.9. The largest absolute Gasteiger partial charge is 0.416 e. The van der Waals surface area contributed by atoms with E-state index in [4.69, 9.17) is 0 Å². The topological polar surface area (TPSA) is 29.1 Å². The second-order valence-electron chi connectivity index (χ2n) is 6.52. The summed E-state index contributed by atoms with van der Waals surface area (Å²) in [7, 11) is 0. The average molecular weight is 347 g/mol. The third-order valence-electron chi connectivity index (χ3n) is 4.66. The molecule has 2 aromatic carbocycles. The number of carbonyl (C=O) groups excluding carboxylic acids is 1. The molecule has 1 saturated carbocycles. The molecule has 1 aliphatic carbocycles. The van der Waals surface area contributed by atoms with Crippen LogP contribution >= 0.6 is 0 Å². The van der Waals surface area contributed by atoms with Crippen LogP contribution in [0.3, 0.4) is 0 Å². The minimum absolute atomic E-state index is 0.0654. The average Bonchev–Trinajstić information content (AvgIpc) is 2.52. The Hall–Kier alpha value is -2.30. The van der Waals surface area contributed by atoms with E-state index in [-0.39, 0.29) is 12.3 Å². The Balaban J connectivity index is 1.52. The molecule has 0 saturated heterocycles. The summed E-state index contributed by atoms with van der Waals surface area (Å²) in [5.41, 5.74) is 1.95. The molecule has 1 amide bonds. The van der Waals surface area contributed by atoms with Crippen molar-refractivity contribution in [2.75, 3.05) is 0 Å². The summed E-state index contributed by atoms with van der Waals surface area (Å²) in [6.07, 6.45) is -0.684. The first-order valence-electron chi connectivity index (χ1n) is 8.43.